The zero-order valence-electron chi connectivity index (χ0n) is 15.0. The Bertz CT molecular complexity index is 973. The lowest BCUT2D eigenvalue weighted by Gasteiger charge is -2.14. The highest BCUT2D eigenvalue weighted by atomic mass is 19.1. The molecule has 6 heteroatoms. The molecule has 27 heavy (non-hydrogen) atoms. The van der Waals surface area contributed by atoms with Gasteiger partial charge >= 0.3 is 0 Å². The molecule has 3 rings (SSSR count). The molecule has 138 valence electrons. The van der Waals surface area contributed by atoms with Crippen molar-refractivity contribution in [1.29, 1.82) is 0 Å². The van der Waals surface area contributed by atoms with E-state index in [1.165, 1.54) is 18.5 Å². The summed E-state index contributed by atoms with van der Waals surface area (Å²) in [7, 11) is 0. The normalized spacial score (nSPS) is 10.7. The van der Waals surface area contributed by atoms with Crippen LogP contribution >= 0.6 is 0 Å². The van der Waals surface area contributed by atoms with Crippen LogP contribution in [0.3, 0.4) is 0 Å². The molecule has 0 unspecified atom stereocenters. The number of carbonyl (C=O) groups excluding carboxylic acids is 1. The molecule has 0 aliphatic carbocycles. The number of para-hydroxylation sites is 1. The highest BCUT2D eigenvalue weighted by molar-refractivity contribution is 6.05. The van der Waals surface area contributed by atoms with Gasteiger partial charge in [0.25, 0.3) is 5.91 Å². The maximum Gasteiger partial charge on any atom is 0.257 e. The highest BCUT2D eigenvalue weighted by Gasteiger charge is 2.12. The number of hydrogen-bond donors (Lipinski definition) is 2. The summed E-state index contributed by atoms with van der Waals surface area (Å²) >= 11 is 0. The van der Waals surface area contributed by atoms with Gasteiger partial charge in [-0.1, -0.05) is 32.0 Å². The van der Waals surface area contributed by atoms with E-state index in [0.717, 1.165) is 23.4 Å². The molecule has 0 spiro atoms. The predicted octanol–water partition coefficient (Wildman–Crippen LogP) is 5.48. The largest absolute Gasteiger partial charge is 0.352 e. The third kappa shape index (κ3) is 4.47. The number of rotatable bonds is 5. The number of aromatic nitrogens is 1. The molecular formula is C21H19F2N3O. The van der Waals surface area contributed by atoms with Crippen LogP contribution < -0.4 is 10.6 Å². The van der Waals surface area contributed by atoms with Gasteiger partial charge < -0.3 is 10.6 Å². The summed E-state index contributed by atoms with van der Waals surface area (Å²) in [5.74, 6) is -1.45. The van der Waals surface area contributed by atoms with Crippen LogP contribution in [0.2, 0.25) is 0 Å². The standard InChI is InChI=1S/C21H19F2N3O/c1-13(2)17-5-3-4-6-19(17)26-21(27)14-9-16(12-24-11-14)25-20-8-7-15(22)10-18(20)23/h3-13,25H,1-2H3,(H,26,27). The van der Waals surface area contributed by atoms with Crippen molar-refractivity contribution in [2.45, 2.75) is 19.8 Å². The number of carbonyl (C=O) groups is 1. The topological polar surface area (TPSA) is 54.0 Å². The van der Waals surface area contributed by atoms with Crippen molar-refractivity contribution in [1.82, 2.24) is 4.98 Å². The van der Waals surface area contributed by atoms with Gasteiger partial charge in [0, 0.05) is 18.0 Å². The molecular weight excluding hydrogens is 348 g/mol. The summed E-state index contributed by atoms with van der Waals surface area (Å²) in [5, 5.41) is 5.69. The molecule has 0 aliphatic heterocycles. The van der Waals surface area contributed by atoms with E-state index >= 15 is 0 Å². The van der Waals surface area contributed by atoms with Crippen LogP contribution in [0, 0.1) is 11.6 Å². The molecule has 0 fully saturated rings. The van der Waals surface area contributed by atoms with Crippen LogP contribution in [0.15, 0.2) is 60.9 Å². The Morgan fingerprint density at radius 2 is 1.78 bits per heavy atom. The van der Waals surface area contributed by atoms with Crippen molar-refractivity contribution >= 4 is 23.0 Å². The van der Waals surface area contributed by atoms with E-state index in [9.17, 15) is 13.6 Å². The number of nitrogens with one attached hydrogen (secondary N) is 2. The van der Waals surface area contributed by atoms with E-state index in [-0.39, 0.29) is 17.5 Å². The van der Waals surface area contributed by atoms with Crippen molar-refractivity contribution in [3.05, 3.63) is 83.7 Å². The molecule has 2 N–H and O–H groups in total. The SMILES string of the molecule is CC(C)c1ccccc1NC(=O)c1cncc(Nc2ccc(F)cc2F)c1. The number of amides is 1. The Kier molecular flexibility index (Phi) is 5.45. The first kappa shape index (κ1) is 18.5. The third-order valence-electron chi connectivity index (χ3n) is 4.04. The van der Waals surface area contributed by atoms with Gasteiger partial charge in [-0.2, -0.15) is 0 Å². The number of hydrogen-bond acceptors (Lipinski definition) is 3. The first-order valence-corrected chi connectivity index (χ1v) is 8.51. The van der Waals surface area contributed by atoms with E-state index in [1.54, 1.807) is 6.07 Å². The Balaban J connectivity index is 1.80. The van der Waals surface area contributed by atoms with Gasteiger partial charge in [0.15, 0.2) is 0 Å². The molecule has 1 amide bonds. The second-order valence-electron chi connectivity index (χ2n) is 6.41. The molecule has 0 aliphatic rings. The minimum Gasteiger partial charge on any atom is -0.352 e. The fourth-order valence-electron chi connectivity index (χ4n) is 2.69. The number of anilines is 3. The van der Waals surface area contributed by atoms with Gasteiger partial charge in [-0.05, 0) is 35.7 Å². The van der Waals surface area contributed by atoms with Crippen LogP contribution in [-0.4, -0.2) is 10.9 Å². The highest BCUT2D eigenvalue weighted by Crippen LogP contribution is 2.25. The van der Waals surface area contributed by atoms with Gasteiger partial charge in [-0.15, -0.1) is 0 Å². The van der Waals surface area contributed by atoms with E-state index in [4.69, 9.17) is 0 Å². The quantitative estimate of drug-likeness (QED) is 0.628. The van der Waals surface area contributed by atoms with E-state index in [2.05, 4.69) is 15.6 Å². The average Bonchev–Trinajstić information content (AvgIpc) is 2.64. The minimum atomic E-state index is -0.726. The van der Waals surface area contributed by atoms with Crippen LogP contribution in [0.5, 0.6) is 0 Å². The van der Waals surface area contributed by atoms with Gasteiger partial charge in [0.2, 0.25) is 0 Å². The van der Waals surface area contributed by atoms with E-state index in [0.29, 0.717) is 11.3 Å². The van der Waals surface area contributed by atoms with Crippen LogP contribution in [0.4, 0.5) is 25.8 Å². The summed E-state index contributed by atoms with van der Waals surface area (Å²) in [5.41, 5.74) is 2.61. The van der Waals surface area contributed by atoms with Crippen LogP contribution in [-0.2, 0) is 0 Å². The fourth-order valence-corrected chi connectivity index (χ4v) is 2.69. The molecule has 0 atom stereocenters. The smallest absolute Gasteiger partial charge is 0.257 e. The third-order valence-corrected chi connectivity index (χ3v) is 4.04. The van der Waals surface area contributed by atoms with Crippen molar-refractivity contribution in [2.75, 3.05) is 10.6 Å². The van der Waals surface area contributed by atoms with Gasteiger partial charge in [-0.25, -0.2) is 8.78 Å². The van der Waals surface area contributed by atoms with Gasteiger partial charge in [-0.3, -0.25) is 9.78 Å². The first-order chi connectivity index (χ1) is 12.9. The maximum atomic E-state index is 13.8. The number of benzene rings is 2. The summed E-state index contributed by atoms with van der Waals surface area (Å²) in [6.07, 6.45) is 2.89. The number of halogens is 2. The number of nitrogens with zero attached hydrogens (tertiary/aromatic N) is 1. The van der Waals surface area contributed by atoms with Crippen molar-refractivity contribution < 1.29 is 13.6 Å². The lowest BCUT2D eigenvalue weighted by molar-refractivity contribution is 0.102. The Labute approximate surface area is 156 Å². The fraction of sp³-hybridized carbons (Fsp3) is 0.143. The minimum absolute atomic E-state index is 0.0981. The van der Waals surface area contributed by atoms with E-state index in [1.807, 2.05) is 38.1 Å². The Morgan fingerprint density at radius 1 is 1.00 bits per heavy atom. The summed E-state index contributed by atoms with van der Waals surface area (Å²) in [6.45, 7) is 4.10. The summed E-state index contributed by atoms with van der Waals surface area (Å²) in [4.78, 5) is 16.6. The summed E-state index contributed by atoms with van der Waals surface area (Å²) < 4.78 is 26.8. The number of pyridine rings is 1. The van der Waals surface area contributed by atoms with Gasteiger partial charge in [0.1, 0.15) is 11.6 Å². The molecule has 1 aromatic heterocycles. The van der Waals surface area contributed by atoms with Crippen LogP contribution in [0.25, 0.3) is 0 Å². The zero-order chi connectivity index (χ0) is 19.4. The summed E-state index contributed by atoms with van der Waals surface area (Å²) in [6, 6.07) is 12.4. The molecule has 0 saturated carbocycles. The maximum absolute atomic E-state index is 13.8. The second-order valence-corrected chi connectivity index (χ2v) is 6.41. The van der Waals surface area contributed by atoms with E-state index < -0.39 is 11.6 Å². The zero-order valence-corrected chi connectivity index (χ0v) is 15.0. The second kappa shape index (κ2) is 7.95. The van der Waals surface area contributed by atoms with Crippen molar-refractivity contribution in [3.63, 3.8) is 0 Å². The van der Waals surface area contributed by atoms with Crippen molar-refractivity contribution in [3.8, 4) is 0 Å². The lowest BCUT2D eigenvalue weighted by atomic mass is 10.0. The molecule has 3 aromatic rings. The molecule has 2 aromatic carbocycles. The van der Waals surface area contributed by atoms with Crippen LogP contribution in [0.1, 0.15) is 35.7 Å². The lowest BCUT2D eigenvalue weighted by Crippen LogP contribution is -2.14. The molecule has 1 heterocycles. The van der Waals surface area contributed by atoms with Crippen molar-refractivity contribution in [2.24, 2.45) is 0 Å². The monoisotopic (exact) mass is 367 g/mol. The molecule has 0 bridgehead atoms. The molecule has 4 nitrogen and oxygen atoms in total. The molecule has 0 radical (unpaired) electrons. The Hall–Kier alpha value is -3.28. The average molecular weight is 367 g/mol. The predicted molar refractivity (Wildman–Crippen MR) is 102 cm³/mol. The first-order valence-electron chi connectivity index (χ1n) is 8.51. The van der Waals surface area contributed by atoms with Gasteiger partial charge in [0.05, 0.1) is 23.1 Å². The Morgan fingerprint density at radius 3 is 2.52 bits per heavy atom. The molecule has 0 saturated heterocycles.